The average Bonchev–Trinajstić information content (AvgIpc) is 2.47. The van der Waals surface area contributed by atoms with Crippen LogP contribution in [0.4, 0.5) is 0 Å². The van der Waals surface area contributed by atoms with Gasteiger partial charge < -0.3 is 20.4 Å². The Kier molecular flexibility index (Phi) is 4.53. The van der Waals surface area contributed by atoms with E-state index in [2.05, 4.69) is 15.0 Å². The molecule has 0 spiro atoms. The number of morpholine rings is 1. The Balaban J connectivity index is 2.02. The summed E-state index contributed by atoms with van der Waals surface area (Å²) in [6.07, 6.45) is 1.32. The van der Waals surface area contributed by atoms with Crippen molar-refractivity contribution in [3.63, 3.8) is 0 Å². The Morgan fingerprint density at radius 1 is 1.74 bits per heavy atom. The number of rotatable bonds is 4. The Labute approximate surface area is 111 Å². The number of nitrogens with two attached hydrogens (primary N) is 1. The van der Waals surface area contributed by atoms with Crippen molar-refractivity contribution in [2.24, 2.45) is 10.9 Å². The molecule has 1 unspecified atom stereocenters. The third kappa shape index (κ3) is 3.33. The van der Waals surface area contributed by atoms with E-state index in [-0.39, 0.29) is 11.9 Å². The highest BCUT2D eigenvalue weighted by Gasteiger charge is 2.24. The maximum Gasteiger partial charge on any atom is 0.217 e. The van der Waals surface area contributed by atoms with Crippen molar-refractivity contribution in [1.82, 2.24) is 9.88 Å². The summed E-state index contributed by atoms with van der Waals surface area (Å²) < 4.78 is 10.7. The third-order valence-corrected chi connectivity index (χ3v) is 3.03. The second kappa shape index (κ2) is 6.35. The quantitative estimate of drug-likeness (QED) is 0.346. The van der Waals surface area contributed by atoms with Gasteiger partial charge in [-0.2, -0.15) is 0 Å². The molecule has 0 bridgehead atoms. The first-order valence-corrected chi connectivity index (χ1v) is 6.04. The number of pyridine rings is 1. The Morgan fingerprint density at radius 2 is 2.58 bits per heavy atom. The first-order chi connectivity index (χ1) is 9.24. The minimum Gasteiger partial charge on any atom is -0.481 e. The van der Waals surface area contributed by atoms with E-state index in [0.29, 0.717) is 25.6 Å². The van der Waals surface area contributed by atoms with Gasteiger partial charge in [0.1, 0.15) is 6.10 Å². The predicted molar refractivity (Wildman–Crippen MR) is 69.2 cm³/mol. The molecule has 1 aliphatic heterocycles. The van der Waals surface area contributed by atoms with Crippen LogP contribution in [0, 0.1) is 0 Å². The van der Waals surface area contributed by atoms with Crippen molar-refractivity contribution in [3.8, 4) is 5.88 Å². The van der Waals surface area contributed by atoms with E-state index in [9.17, 15) is 0 Å². The SMILES string of the molecule is COc1ncccc1CN1CCOC(C(N)=NO)C1. The molecule has 1 aliphatic rings. The molecule has 0 radical (unpaired) electrons. The summed E-state index contributed by atoms with van der Waals surface area (Å²) in [5.74, 6) is 0.720. The van der Waals surface area contributed by atoms with Gasteiger partial charge in [0.25, 0.3) is 0 Å². The minimum absolute atomic E-state index is 0.0999. The zero-order valence-electron chi connectivity index (χ0n) is 10.8. The van der Waals surface area contributed by atoms with Crippen LogP contribution in [0.25, 0.3) is 0 Å². The molecule has 7 nitrogen and oxygen atoms in total. The van der Waals surface area contributed by atoms with Gasteiger partial charge >= 0.3 is 0 Å². The third-order valence-electron chi connectivity index (χ3n) is 3.03. The molecule has 0 aromatic carbocycles. The second-order valence-electron chi connectivity index (χ2n) is 4.29. The molecule has 7 heteroatoms. The molecule has 1 aromatic heterocycles. The molecule has 1 atom stereocenters. The van der Waals surface area contributed by atoms with Gasteiger partial charge in [-0.15, -0.1) is 0 Å². The molecule has 0 saturated carbocycles. The van der Waals surface area contributed by atoms with Crippen LogP contribution in [0.3, 0.4) is 0 Å². The normalized spacial score (nSPS) is 21.3. The molecule has 104 valence electrons. The van der Waals surface area contributed by atoms with Crippen molar-refractivity contribution in [1.29, 1.82) is 0 Å². The number of methoxy groups -OCH3 is 1. The minimum atomic E-state index is -0.374. The monoisotopic (exact) mass is 266 g/mol. The van der Waals surface area contributed by atoms with Crippen molar-refractivity contribution < 1.29 is 14.7 Å². The summed E-state index contributed by atoms with van der Waals surface area (Å²) in [4.78, 5) is 6.32. The maximum atomic E-state index is 8.68. The Hall–Kier alpha value is -1.86. The van der Waals surface area contributed by atoms with Crippen LogP contribution >= 0.6 is 0 Å². The molecule has 1 aromatic rings. The molecule has 1 saturated heterocycles. The van der Waals surface area contributed by atoms with Gasteiger partial charge in [0.05, 0.1) is 13.7 Å². The lowest BCUT2D eigenvalue weighted by Crippen LogP contribution is -2.48. The van der Waals surface area contributed by atoms with Crippen LogP contribution in [0.5, 0.6) is 5.88 Å². The summed E-state index contributed by atoms with van der Waals surface area (Å²) in [6.45, 7) is 2.60. The number of nitrogens with zero attached hydrogens (tertiary/aromatic N) is 3. The van der Waals surface area contributed by atoms with Gasteiger partial charge in [-0.05, 0) is 6.07 Å². The fourth-order valence-electron chi connectivity index (χ4n) is 2.06. The lowest BCUT2D eigenvalue weighted by Gasteiger charge is -2.32. The van der Waals surface area contributed by atoms with Gasteiger partial charge in [-0.1, -0.05) is 11.2 Å². The lowest BCUT2D eigenvalue weighted by molar-refractivity contribution is 0.00113. The van der Waals surface area contributed by atoms with E-state index < -0.39 is 0 Å². The van der Waals surface area contributed by atoms with Gasteiger partial charge in [-0.3, -0.25) is 4.90 Å². The Morgan fingerprint density at radius 3 is 3.32 bits per heavy atom. The van der Waals surface area contributed by atoms with Gasteiger partial charge in [0, 0.05) is 31.4 Å². The number of oxime groups is 1. The number of ether oxygens (including phenoxy) is 2. The van der Waals surface area contributed by atoms with Crippen LogP contribution in [-0.4, -0.2) is 53.8 Å². The summed E-state index contributed by atoms with van der Waals surface area (Å²) in [7, 11) is 1.60. The number of aromatic nitrogens is 1. The summed E-state index contributed by atoms with van der Waals surface area (Å²) >= 11 is 0. The van der Waals surface area contributed by atoms with Crippen molar-refractivity contribution in [2.45, 2.75) is 12.6 Å². The number of hydrogen-bond acceptors (Lipinski definition) is 6. The number of hydrogen-bond donors (Lipinski definition) is 2. The van der Waals surface area contributed by atoms with Crippen LogP contribution in [0.15, 0.2) is 23.5 Å². The lowest BCUT2D eigenvalue weighted by atomic mass is 10.2. The molecular weight excluding hydrogens is 248 g/mol. The summed E-state index contributed by atoms with van der Waals surface area (Å²) in [5.41, 5.74) is 6.58. The highest BCUT2D eigenvalue weighted by Crippen LogP contribution is 2.17. The van der Waals surface area contributed by atoms with Crippen molar-refractivity contribution in [2.75, 3.05) is 26.8 Å². The van der Waals surface area contributed by atoms with E-state index in [1.54, 1.807) is 13.3 Å². The van der Waals surface area contributed by atoms with Crippen LogP contribution in [0.2, 0.25) is 0 Å². The van der Waals surface area contributed by atoms with Gasteiger partial charge in [0.2, 0.25) is 5.88 Å². The van der Waals surface area contributed by atoms with Crippen molar-refractivity contribution in [3.05, 3.63) is 23.9 Å². The fourth-order valence-corrected chi connectivity index (χ4v) is 2.06. The first kappa shape index (κ1) is 13.6. The Bertz CT molecular complexity index is 452. The predicted octanol–water partition coefficient (Wildman–Crippen LogP) is 0.0374. The average molecular weight is 266 g/mol. The molecule has 2 heterocycles. The fraction of sp³-hybridized carbons (Fsp3) is 0.500. The maximum absolute atomic E-state index is 8.68. The molecular formula is C12H18N4O3. The molecule has 19 heavy (non-hydrogen) atoms. The van der Waals surface area contributed by atoms with Gasteiger partial charge in [-0.25, -0.2) is 4.98 Å². The molecule has 2 rings (SSSR count). The van der Waals surface area contributed by atoms with E-state index in [0.717, 1.165) is 12.1 Å². The van der Waals surface area contributed by atoms with E-state index in [1.165, 1.54) is 0 Å². The molecule has 3 N–H and O–H groups in total. The molecule has 0 aliphatic carbocycles. The van der Waals surface area contributed by atoms with Crippen LogP contribution < -0.4 is 10.5 Å². The summed E-state index contributed by atoms with van der Waals surface area (Å²) in [5, 5.41) is 11.7. The van der Waals surface area contributed by atoms with Gasteiger partial charge in [0.15, 0.2) is 5.84 Å². The first-order valence-electron chi connectivity index (χ1n) is 6.04. The zero-order chi connectivity index (χ0) is 13.7. The largest absolute Gasteiger partial charge is 0.481 e. The highest BCUT2D eigenvalue weighted by atomic mass is 16.5. The van der Waals surface area contributed by atoms with Crippen molar-refractivity contribution >= 4 is 5.84 Å². The summed E-state index contributed by atoms with van der Waals surface area (Å²) in [6, 6.07) is 3.85. The highest BCUT2D eigenvalue weighted by molar-refractivity contribution is 5.84. The standard InChI is InChI=1S/C12H18N4O3/c1-18-12-9(3-2-4-14-12)7-16-5-6-19-10(8-16)11(13)15-17/h2-4,10,17H,5-8H2,1H3,(H2,13,15). The van der Waals surface area contributed by atoms with Crippen LogP contribution in [0.1, 0.15) is 5.56 Å². The topological polar surface area (TPSA) is 93.2 Å². The van der Waals surface area contributed by atoms with E-state index in [4.69, 9.17) is 20.4 Å². The zero-order valence-corrected chi connectivity index (χ0v) is 10.8. The molecule has 0 amide bonds. The van der Waals surface area contributed by atoms with Crippen LogP contribution in [-0.2, 0) is 11.3 Å². The van der Waals surface area contributed by atoms with E-state index >= 15 is 0 Å². The second-order valence-corrected chi connectivity index (χ2v) is 4.29. The number of amidine groups is 1. The van der Waals surface area contributed by atoms with E-state index in [1.807, 2.05) is 12.1 Å². The smallest absolute Gasteiger partial charge is 0.217 e. The molecule has 1 fully saturated rings.